The second kappa shape index (κ2) is 7.96. The fourth-order valence-electron chi connectivity index (χ4n) is 2.90. The minimum Gasteiger partial charge on any atom is -0.488 e. The number of halogens is 1. The molecule has 5 heteroatoms. The molecule has 3 aromatic rings. The van der Waals surface area contributed by atoms with Crippen LogP contribution in [-0.4, -0.2) is 12.6 Å². The van der Waals surface area contributed by atoms with E-state index in [0.29, 0.717) is 19.0 Å². The molecule has 0 radical (unpaired) electrons. The third-order valence-electron chi connectivity index (χ3n) is 4.15. The van der Waals surface area contributed by atoms with Crippen molar-refractivity contribution in [3.63, 3.8) is 0 Å². The summed E-state index contributed by atoms with van der Waals surface area (Å²) >= 11 is 3.53. The number of carbonyl (C=O) groups excluding carboxylic acids is 1. The molecule has 0 spiro atoms. The van der Waals surface area contributed by atoms with Gasteiger partial charge < -0.3 is 13.9 Å². The lowest BCUT2D eigenvalue weighted by atomic mass is 10.1. The molecule has 0 N–H and O–H groups in total. The van der Waals surface area contributed by atoms with Gasteiger partial charge in [0.2, 0.25) is 0 Å². The number of esters is 1. The minimum absolute atomic E-state index is 0.195. The molecule has 0 fully saturated rings. The van der Waals surface area contributed by atoms with Gasteiger partial charge in [-0.3, -0.25) is 4.79 Å². The second-order valence-corrected chi connectivity index (χ2v) is 7.16. The highest BCUT2D eigenvalue weighted by Gasteiger charge is 2.13. The molecule has 136 valence electrons. The zero-order valence-corrected chi connectivity index (χ0v) is 16.7. The lowest BCUT2D eigenvalue weighted by molar-refractivity contribution is -0.142. The Morgan fingerprint density at radius 2 is 1.96 bits per heavy atom. The Bertz CT molecular complexity index is 943. The fourth-order valence-corrected chi connectivity index (χ4v) is 3.47. The van der Waals surface area contributed by atoms with E-state index in [-0.39, 0.29) is 12.4 Å². The van der Waals surface area contributed by atoms with Crippen molar-refractivity contribution in [2.24, 2.45) is 0 Å². The molecule has 0 atom stereocenters. The standard InChI is InChI=1S/C21H21BrO4/c1-4-24-20(23)9-15-6-5-13(2)7-19(15)25-11-16-12-26-21-14(3)8-17(22)10-18(16)21/h5-8,10,12H,4,9,11H2,1-3H3. The number of carbonyl (C=O) groups is 1. The van der Waals surface area contributed by atoms with Gasteiger partial charge in [0.15, 0.2) is 0 Å². The van der Waals surface area contributed by atoms with Crippen LogP contribution in [0.1, 0.15) is 29.2 Å². The topological polar surface area (TPSA) is 48.7 Å². The van der Waals surface area contributed by atoms with Gasteiger partial charge in [-0.2, -0.15) is 0 Å². The Hall–Kier alpha value is -2.27. The van der Waals surface area contributed by atoms with Gasteiger partial charge in [0.25, 0.3) is 0 Å². The average molecular weight is 417 g/mol. The van der Waals surface area contributed by atoms with E-state index >= 15 is 0 Å². The first-order chi connectivity index (χ1) is 12.5. The summed E-state index contributed by atoms with van der Waals surface area (Å²) < 4.78 is 17.8. The zero-order chi connectivity index (χ0) is 18.7. The van der Waals surface area contributed by atoms with Crippen molar-refractivity contribution in [2.75, 3.05) is 6.61 Å². The van der Waals surface area contributed by atoms with E-state index < -0.39 is 0 Å². The van der Waals surface area contributed by atoms with Crippen LogP contribution in [0.15, 0.2) is 45.5 Å². The quantitative estimate of drug-likeness (QED) is 0.497. The van der Waals surface area contributed by atoms with Crippen molar-refractivity contribution in [1.82, 2.24) is 0 Å². The van der Waals surface area contributed by atoms with E-state index in [1.807, 2.05) is 44.2 Å². The predicted octanol–water partition coefficient (Wildman–Crippen LogP) is 5.50. The highest BCUT2D eigenvalue weighted by molar-refractivity contribution is 9.10. The smallest absolute Gasteiger partial charge is 0.310 e. The summed E-state index contributed by atoms with van der Waals surface area (Å²) in [6, 6.07) is 9.87. The molecule has 1 heterocycles. The summed E-state index contributed by atoms with van der Waals surface area (Å²) in [4.78, 5) is 11.8. The van der Waals surface area contributed by atoms with E-state index in [1.54, 1.807) is 13.2 Å². The molecule has 0 aliphatic rings. The average Bonchev–Trinajstić information content (AvgIpc) is 2.98. The van der Waals surface area contributed by atoms with Gasteiger partial charge in [0.05, 0.1) is 19.3 Å². The molecule has 4 nitrogen and oxygen atoms in total. The molecule has 0 amide bonds. The molecule has 0 unspecified atom stereocenters. The molecule has 3 rings (SSSR count). The number of hydrogen-bond donors (Lipinski definition) is 0. The number of furan rings is 1. The van der Waals surface area contributed by atoms with Gasteiger partial charge in [-0.1, -0.05) is 28.1 Å². The maximum absolute atomic E-state index is 11.8. The first-order valence-electron chi connectivity index (χ1n) is 8.52. The van der Waals surface area contributed by atoms with Gasteiger partial charge in [-0.25, -0.2) is 0 Å². The number of benzene rings is 2. The SMILES string of the molecule is CCOC(=O)Cc1ccc(C)cc1OCc1coc2c(C)cc(Br)cc12. The molecule has 0 saturated carbocycles. The number of aryl methyl sites for hydroxylation is 2. The molecule has 1 aromatic heterocycles. The largest absolute Gasteiger partial charge is 0.488 e. The van der Waals surface area contributed by atoms with Crippen molar-refractivity contribution in [2.45, 2.75) is 33.8 Å². The van der Waals surface area contributed by atoms with E-state index in [2.05, 4.69) is 15.9 Å². The summed E-state index contributed by atoms with van der Waals surface area (Å²) in [7, 11) is 0. The molecule has 0 bridgehead atoms. The molecular weight excluding hydrogens is 396 g/mol. The van der Waals surface area contributed by atoms with Crippen molar-refractivity contribution >= 4 is 32.9 Å². The summed E-state index contributed by atoms with van der Waals surface area (Å²) in [5.41, 5.74) is 4.79. The number of hydrogen-bond acceptors (Lipinski definition) is 4. The highest BCUT2D eigenvalue weighted by atomic mass is 79.9. The summed E-state index contributed by atoms with van der Waals surface area (Å²) in [6.07, 6.45) is 1.92. The van der Waals surface area contributed by atoms with Crippen LogP contribution in [0.25, 0.3) is 11.0 Å². The third-order valence-corrected chi connectivity index (χ3v) is 4.61. The summed E-state index contributed by atoms with van der Waals surface area (Å²) in [5.74, 6) is 0.439. The lowest BCUT2D eigenvalue weighted by Crippen LogP contribution is -2.09. The van der Waals surface area contributed by atoms with Gasteiger partial charge in [-0.05, 0) is 50.1 Å². The molecule has 26 heavy (non-hydrogen) atoms. The van der Waals surface area contributed by atoms with Crippen LogP contribution in [0, 0.1) is 13.8 Å². The Morgan fingerprint density at radius 3 is 2.73 bits per heavy atom. The van der Waals surface area contributed by atoms with E-state index in [0.717, 1.165) is 37.7 Å². The van der Waals surface area contributed by atoms with Crippen molar-refractivity contribution < 1.29 is 18.7 Å². The van der Waals surface area contributed by atoms with Crippen LogP contribution in [0.4, 0.5) is 0 Å². The van der Waals surface area contributed by atoms with E-state index in [1.165, 1.54) is 0 Å². The Labute approximate surface area is 161 Å². The molecule has 0 saturated heterocycles. The first-order valence-corrected chi connectivity index (χ1v) is 9.31. The van der Waals surface area contributed by atoms with Crippen molar-refractivity contribution in [1.29, 1.82) is 0 Å². The predicted molar refractivity (Wildman–Crippen MR) is 104 cm³/mol. The highest BCUT2D eigenvalue weighted by Crippen LogP contribution is 2.30. The van der Waals surface area contributed by atoms with E-state index in [4.69, 9.17) is 13.9 Å². The van der Waals surface area contributed by atoms with Crippen LogP contribution in [-0.2, 0) is 22.6 Å². The molecule has 2 aromatic carbocycles. The lowest BCUT2D eigenvalue weighted by Gasteiger charge is -2.12. The van der Waals surface area contributed by atoms with Crippen LogP contribution in [0.5, 0.6) is 5.75 Å². The normalized spacial score (nSPS) is 10.9. The van der Waals surface area contributed by atoms with Gasteiger partial charge in [0, 0.05) is 21.0 Å². The number of rotatable bonds is 6. The third kappa shape index (κ3) is 4.10. The minimum atomic E-state index is -0.255. The van der Waals surface area contributed by atoms with Crippen LogP contribution in [0.3, 0.4) is 0 Å². The Morgan fingerprint density at radius 1 is 1.15 bits per heavy atom. The number of fused-ring (bicyclic) bond motifs is 1. The summed E-state index contributed by atoms with van der Waals surface area (Å²) in [6.45, 7) is 6.54. The Balaban J connectivity index is 1.83. The molecule has 0 aliphatic carbocycles. The van der Waals surface area contributed by atoms with Crippen LogP contribution < -0.4 is 4.74 Å². The maximum Gasteiger partial charge on any atom is 0.310 e. The molecular formula is C21H21BrO4. The van der Waals surface area contributed by atoms with Crippen molar-refractivity contribution in [3.05, 3.63) is 63.3 Å². The van der Waals surface area contributed by atoms with Gasteiger partial charge in [0.1, 0.15) is 17.9 Å². The van der Waals surface area contributed by atoms with Crippen LogP contribution in [0.2, 0.25) is 0 Å². The zero-order valence-electron chi connectivity index (χ0n) is 15.1. The fraction of sp³-hybridized carbons (Fsp3) is 0.286. The second-order valence-electron chi connectivity index (χ2n) is 6.24. The number of ether oxygens (including phenoxy) is 2. The summed E-state index contributed by atoms with van der Waals surface area (Å²) in [5, 5.41) is 1.02. The van der Waals surface area contributed by atoms with Crippen LogP contribution >= 0.6 is 15.9 Å². The monoisotopic (exact) mass is 416 g/mol. The Kier molecular flexibility index (Phi) is 5.67. The maximum atomic E-state index is 11.8. The van der Waals surface area contributed by atoms with E-state index in [9.17, 15) is 4.79 Å². The molecule has 0 aliphatic heterocycles. The first kappa shape index (κ1) is 18.5. The van der Waals surface area contributed by atoms with Crippen molar-refractivity contribution in [3.8, 4) is 5.75 Å². The van der Waals surface area contributed by atoms with Gasteiger partial charge >= 0.3 is 5.97 Å². The van der Waals surface area contributed by atoms with Gasteiger partial charge in [-0.15, -0.1) is 0 Å².